The quantitative estimate of drug-likeness (QED) is 0.732. The van der Waals surface area contributed by atoms with Gasteiger partial charge in [-0.1, -0.05) is 74.2 Å². The summed E-state index contributed by atoms with van der Waals surface area (Å²) in [5.74, 6) is 0.550. The topological polar surface area (TPSA) is 37.8 Å². The monoisotopic (exact) mass is 321 g/mol. The number of thioether (sulfide) groups is 1. The summed E-state index contributed by atoms with van der Waals surface area (Å²) in [5, 5.41) is 12.3. The van der Waals surface area contributed by atoms with Gasteiger partial charge in [0.1, 0.15) is 5.51 Å². The molecule has 2 unspecified atom stereocenters. The molecule has 21 heavy (non-hydrogen) atoms. The van der Waals surface area contributed by atoms with E-state index in [1.54, 1.807) is 16.8 Å². The van der Waals surface area contributed by atoms with Crippen molar-refractivity contribution in [1.29, 1.82) is 0 Å². The number of benzene rings is 1. The first-order valence-corrected chi connectivity index (χ1v) is 9.19. The third-order valence-electron chi connectivity index (χ3n) is 3.34. The van der Waals surface area contributed by atoms with Gasteiger partial charge in [0, 0.05) is 11.3 Å². The van der Waals surface area contributed by atoms with Gasteiger partial charge < -0.3 is 5.32 Å². The van der Waals surface area contributed by atoms with Crippen molar-refractivity contribution in [1.82, 2.24) is 15.5 Å². The van der Waals surface area contributed by atoms with Crippen LogP contribution in [0.25, 0.3) is 0 Å². The van der Waals surface area contributed by atoms with Crippen LogP contribution in [0.4, 0.5) is 0 Å². The van der Waals surface area contributed by atoms with E-state index in [9.17, 15) is 0 Å². The normalized spacial score (nSPS) is 14.3. The number of aromatic nitrogens is 2. The highest BCUT2D eigenvalue weighted by Gasteiger charge is 2.27. The second-order valence-corrected chi connectivity index (χ2v) is 7.63. The zero-order chi connectivity index (χ0) is 15.1. The molecule has 5 heteroatoms. The Morgan fingerprint density at radius 1 is 1.24 bits per heavy atom. The van der Waals surface area contributed by atoms with Gasteiger partial charge in [-0.2, -0.15) is 0 Å². The Bertz CT molecular complexity index is 500. The molecule has 0 spiro atoms. The molecule has 0 amide bonds. The summed E-state index contributed by atoms with van der Waals surface area (Å²) in [5.41, 5.74) is 3.15. The maximum Gasteiger partial charge on any atom is 0.174 e. The van der Waals surface area contributed by atoms with Gasteiger partial charge in [0.05, 0.1) is 0 Å². The van der Waals surface area contributed by atoms with Gasteiger partial charge in [0.15, 0.2) is 4.34 Å². The van der Waals surface area contributed by atoms with Crippen LogP contribution >= 0.6 is 23.1 Å². The molecule has 2 aromatic rings. The molecule has 0 saturated carbocycles. The van der Waals surface area contributed by atoms with Crippen LogP contribution in [0.15, 0.2) is 40.2 Å². The van der Waals surface area contributed by atoms with E-state index in [-0.39, 0.29) is 0 Å². The third-order valence-corrected chi connectivity index (χ3v) is 5.77. The van der Waals surface area contributed by atoms with E-state index in [0.29, 0.717) is 17.2 Å². The standard InChI is InChI=1S/C16H23N3S2/c1-4-10-17-14(13-8-6-5-7-9-13)15(12(2)3)21-16-19-18-11-20-16/h5-9,11-12,14-15,17H,4,10H2,1-3H3. The fourth-order valence-corrected chi connectivity index (χ4v) is 4.26. The molecule has 0 saturated heterocycles. The lowest BCUT2D eigenvalue weighted by atomic mass is 9.96. The molecule has 3 nitrogen and oxygen atoms in total. The molecule has 1 aromatic heterocycles. The summed E-state index contributed by atoms with van der Waals surface area (Å²) >= 11 is 3.46. The van der Waals surface area contributed by atoms with E-state index in [2.05, 4.69) is 66.6 Å². The Balaban J connectivity index is 2.22. The lowest BCUT2D eigenvalue weighted by Crippen LogP contribution is -2.33. The molecule has 114 valence electrons. The zero-order valence-electron chi connectivity index (χ0n) is 12.8. The highest BCUT2D eigenvalue weighted by Crippen LogP contribution is 2.37. The SMILES string of the molecule is CCCNC(c1ccccc1)C(Sc1nncs1)C(C)C. The number of rotatable bonds is 8. The fraction of sp³-hybridized carbons (Fsp3) is 0.500. The molecule has 0 bridgehead atoms. The van der Waals surface area contributed by atoms with Crippen LogP contribution in [-0.4, -0.2) is 22.0 Å². The maximum atomic E-state index is 4.20. The molecule has 2 rings (SSSR count). The molecule has 2 atom stereocenters. The number of hydrogen-bond donors (Lipinski definition) is 1. The summed E-state index contributed by atoms with van der Waals surface area (Å²) in [6.07, 6.45) is 1.14. The molecular weight excluding hydrogens is 298 g/mol. The smallest absolute Gasteiger partial charge is 0.174 e. The predicted molar refractivity (Wildman–Crippen MR) is 91.9 cm³/mol. The van der Waals surface area contributed by atoms with Gasteiger partial charge >= 0.3 is 0 Å². The summed E-state index contributed by atoms with van der Waals surface area (Å²) in [6.45, 7) is 7.79. The van der Waals surface area contributed by atoms with E-state index in [1.807, 2.05) is 11.8 Å². The highest BCUT2D eigenvalue weighted by atomic mass is 32.2. The van der Waals surface area contributed by atoms with Crippen LogP contribution in [-0.2, 0) is 0 Å². The summed E-state index contributed by atoms with van der Waals surface area (Å²) < 4.78 is 1.05. The Hall–Kier alpha value is -0.910. The molecule has 0 fully saturated rings. The Morgan fingerprint density at radius 3 is 2.57 bits per heavy atom. The average Bonchev–Trinajstić information content (AvgIpc) is 3.00. The third kappa shape index (κ3) is 4.80. The second kappa shape index (κ2) is 8.51. The van der Waals surface area contributed by atoms with Crippen LogP contribution < -0.4 is 5.32 Å². The molecule has 0 aliphatic heterocycles. The first-order valence-electron chi connectivity index (χ1n) is 7.43. The van der Waals surface area contributed by atoms with Crippen LogP contribution in [0.3, 0.4) is 0 Å². The van der Waals surface area contributed by atoms with Crippen molar-refractivity contribution in [3.8, 4) is 0 Å². The maximum absolute atomic E-state index is 4.20. The van der Waals surface area contributed by atoms with Crippen molar-refractivity contribution in [2.75, 3.05) is 6.54 Å². The first kappa shape index (κ1) is 16.5. The lowest BCUT2D eigenvalue weighted by Gasteiger charge is -2.30. The molecule has 1 N–H and O–H groups in total. The van der Waals surface area contributed by atoms with E-state index >= 15 is 0 Å². The highest BCUT2D eigenvalue weighted by molar-refractivity contribution is 8.01. The molecule has 0 radical (unpaired) electrons. The summed E-state index contributed by atoms with van der Waals surface area (Å²) in [4.78, 5) is 0. The largest absolute Gasteiger partial charge is 0.309 e. The second-order valence-electron chi connectivity index (χ2n) is 5.37. The molecule has 0 aliphatic rings. The van der Waals surface area contributed by atoms with Crippen molar-refractivity contribution < 1.29 is 0 Å². The van der Waals surface area contributed by atoms with Crippen molar-refractivity contribution in [2.24, 2.45) is 5.92 Å². The average molecular weight is 322 g/mol. The lowest BCUT2D eigenvalue weighted by molar-refractivity contribution is 0.444. The van der Waals surface area contributed by atoms with Gasteiger partial charge in [0.2, 0.25) is 0 Å². The Morgan fingerprint density at radius 2 is 2.00 bits per heavy atom. The van der Waals surface area contributed by atoms with Gasteiger partial charge in [0.25, 0.3) is 0 Å². The number of nitrogens with one attached hydrogen (secondary N) is 1. The van der Waals surface area contributed by atoms with Crippen molar-refractivity contribution in [3.05, 3.63) is 41.4 Å². The zero-order valence-corrected chi connectivity index (χ0v) is 14.5. The van der Waals surface area contributed by atoms with E-state index in [4.69, 9.17) is 0 Å². The Kier molecular flexibility index (Phi) is 6.67. The van der Waals surface area contributed by atoms with Gasteiger partial charge in [-0.15, -0.1) is 10.2 Å². The van der Waals surface area contributed by atoms with Crippen LogP contribution in [0.2, 0.25) is 0 Å². The van der Waals surface area contributed by atoms with Crippen molar-refractivity contribution in [2.45, 2.75) is 42.8 Å². The molecule has 1 heterocycles. The summed E-state index contributed by atoms with van der Waals surface area (Å²) in [7, 11) is 0. The fourth-order valence-electron chi connectivity index (χ4n) is 2.30. The first-order chi connectivity index (χ1) is 10.2. The minimum Gasteiger partial charge on any atom is -0.309 e. The molecular formula is C16H23N3S2. The molecule has 1 aromatic carbocycles. The molecule has 0 aliphatic carbocycles. The minimum atomic E-state index is 0.333. The van der Waals surface area contributed by atoms with E-state index < -0.39 is 0 Å². The minimum absolute atomic E-state index is 0.333. The van der Waals surface area contributed by atoms with Crippen LogP contribution in [0.5, 0.6) is 0 Å². The van der Waals surface area contributed by atoms with Crippen LogP contribution in [0, 0.1) is 5.92 Å². The predicted octanol–water partition coefficient (Wildman–Crippen LogP) is 4.40. The van der Waals surface area contributed by atoms with Crippen LogP contribution in [0.1, 0.15) is 38.8 Å². The van der Waals surface area contributed by atoms with Gasteiger partial charge in [-0.25, -0.2) is 0 Å². The van der Waals surface area contributed by atoms with E-state index in [1.165, 1.54) is 5.56 Å². The Labute approximate surface area is 135 Å². The number of hydrogen-bond acceptors (Lipinski definition) is 5. The van der Waals surface area contributed by atoms with Crippen molar-refractivity contribution in [3.63, 3.8) is 0 Å². The van der Waals surface area contributed by atoms with Crippen molar-refractivity contribution >= 4 is 23.1 Å². The van der Waals surface area contributed by atoms with Gasteiger partial charge in [-0.3, -0.25) is 0 Å². The summed E-state index contributed by atoms with van der Waals surface area (Å²) in [6, 6.07) is 11.1. The number of nitrogens with zero attached hydrogens (tertiary/aromatic N) is 2. The van der Waals surface area contributed by atoms with E-state index in [0.717, 1.165) is 17.3 Å². The van der Waals surface area contributed by atoms with Gasteiger partial charge in [-0.05, 0) is 24.4 Å².